The lowest BCUT2D eigenvalue weighted by molar-refractivity contribution is -0.117. The highest BCUT2D eigenvalue weighted by atomic mass is 35.5. The van der Waals surface area contributed by atoms with Crippen LogP contribution in [0.4, 0.5) is 5.69 Å². The van der Waals surface area contributed by atoms with Gasteiger partial charge in [-0.3, -0.25) is 9.69 Å². The van der Waals surface area contributed by atoms with Crippen LogP contribution in [-0.4, -0.2) is 44.1 Å². The summed E-state index contributed by atoms with van der Waals surface area (Å²) in [5, 5.41) is 3.37. The van der Waals surface area contributed by atoms with Crippen molar-refractivity contribution in [3.63, 3.8) is 0 Å². The van der Waals surface area contributed by atoms with Gasteiger partial charge in [-0.25, -0.2) is 4.79 Å². The lowest BCUT2D eigenvalue weighted by Crippen LogP contribution is -2.30. The molecule has 0 heterocycles. The maximum atomic E-state index is 12.4. The van der Waals surface area contributed by atoms with E-state index in [4.69, 9.17) is 21.1 Å². The second-order valence-electron chi connectivity index (χ2n) is 5.94. The Balaban J connectivity index is 2.02. The summed E-state index contributed by atoms with van der Waals surface area (Å²) in [6.45, 7) is 2.62. The van der Waals surface area contributed by atoms with Gasteiger partial charge in [0.05, 0.1) is 31.5 Å². The van der Waals surface area contributed by atoms with E-state index < -0.39 is 5.97 Å². The number of carbonyl (C=O) groups excluding carboxylic acids is 2. The van der Waals surface area contributed by atoms with Crippen LogP contribution >= 0.6 is 11.6 Å². The van der Waals surface area contributed by atoms with Crippen LogP contribution < -0.4 is 10.1 Å². The molecule has 0 aliphatic rings. The molecular weight excluding hydrogens is 368 g/mol. The zero-order valence-electron chi connectivity index (χ0n) is 15.6. The Morgan fingerprint density at radius 2 is 1.93 bits per heavy atom. The molecule has 7 heteroatoms. The number of nitrogens with one attached hydrogen (secondary N) is 1. The van der Waals surface area contributed by atoms with E-state index in [0.29, 0.717) is 28.6 Å². The number of hydrogen-bond acceptors (Lipinski definition) is 5. The predicted molar refractivity (Wildman–Crippen MR) is 105 cm³/mol. The molecule has 0 atom stereocenters. The second kappa shape index (κ2) is 9.94. The molecular formula is C20H23ClN2O4. The zero-order valence-corrected chi connectivity index (χ0v) is 16.4. The number of amides is 1. The van der Waals surface area contributed by atoms with Crippen molar-refractivity contribution in [2.45, 2.75) is 13.5 Å². The lowest BCUT2D eigenvalue weighted by Gasteiger charge is -2.19. The van der Waals surface area contributed by atoms with Crippen LogP contribution in [0.3, 0.4) is 0 Å². The summed E-state index contributed by atoms with van der Waals surface area (Å²) in [6, 6.07) is 12.1. The van der Waals surface area contributed by atoms with Gasteiger partial charge in [-0.05, 0) is 44.3 Å². The fourth-order valence-corrected chi connectivity index (χ4v) is 2.83. The molecule has 0 unspecified atom stereocenters. The first kappa shape index (κ1) is 20.7. The van der Waals surface area contributed by atoms with Gasteiger partial charge in [-0.1, -0.05) is 23.7 Å². The van der Waals surface area contributed by atoms with Gasteiger partial charge in [0.1, 0.15) is 5.75 Å². The smallest absolute Gasteiger partial charge is 0.340 e. The van der Waals surface area contributed by atoms with Crippen molar-refractivity contribution in [2.24, 2.45) is 0 Å². The van der Waals surface area contributed by atoms with E-state index in [2.05, 4.69) is 5.32 Å². The largest absolute Gasteiger partial charge is 0.496 e. The van der Waals surface area contributed by atoms with Crippen LogP contribution in [0.25, 0.3) is 0 Å². The maximum absolute atomic E-state index is 12.4. The number of benzene rings is 2. The Morgan fingerprint density at radius 1 is 1.19 bits per heavy atom. The van der Waals surface area contributed by atoms with Gasteiger partial charge in [0.2, 0.25) is 5.91 Å². The average Bonchev–Trinajstić information content (AvgIpc) is 2.62. The van der Waals surface area contributed by atoms with Gasteiger partial charge in [0.15, 0.2) is 0 Å². The number of para-hydroxylation sites is 1. The first-order chi connectivity index (χ1) is 12.9. The number of carbonyl (C=O) groups is 2. The first-order valence-corrected chi connectivity index (χ1v) is 8.89. The summed E-state index contributed by atoms with van der Waals surface area (Å²) < 4.78 is 10.3. The summed E-state index contributed by atoms with van der Waals surface area (Å²) >= 11 is 6.05. The molecule has 0 aliphatic heterocycles. The number of hydrogen-bond donors (Lipinski definition) is 1. The molecule has 0 fully saturated rings. The minimum Gasteiger partial charge on any atom is -0.496 e. The Bertz CT molecular complexity index is 810. The third-order valence-corrected chi connectivity index (χ3v) is 4.03. The molecule has 2 aromatic rings. The van der Waals surface area contributed by atoms with E-state index in [1.807, 2.05) is 18.0 Å². The second-order valence-corrected chi connectivity index (χ2v) is 6.38. The van der Waals surface area contributed by atoms with Gasteiger partial charge in [-0.2, -0.15) is 0 Å². The molecule has 0 aromatic heterocycles. The molecule has 0 radical (unpaired) electrons. The average molecular weight is 391 g/mol. The molecule has 0 spiro atoms. The van der Waals surface area contributed by atoms with Crippen molar-refractivity contribution >= 4 is 29.2 Å². The molecule has 0 aliphatic carbocycles. The SMILES string of the molecule is CCOC(=O)c1ccccc1NC(=O)CN(C)Cc1cc(Cl)ccc1OC. The molecule has 1 N–H and O–H groups in total. The molecule has 2 rings (SSSR count). The van der Waals surface area contributed by atoms with Gasteiger partial charge in [-0.15, -0.1) is 0 Å². The van der Waals surface area contributed by atoms with Gasteiger partial charge in [0.25, 0.3) is 0 Å². The summed E-state index contributed by atoms with van der Waals surface area (Å²) in [7, 11) is 3.41. The molecule has 0 saturated heterocycles. The number of halogens is 1. The van der Waals surface area contributed by atoms with Crippen LogP contribution in [0.1, 0.15) is 22.8 Å². The minimum absolute atomic E-state index is 0.132. The lowest BCUT2D eigenvalue weighted by atomic mass is 10.1. The highest BCUT2D eigenvalue weighted by molar-refractivity contribution is 6.30. The summed E-state index contributed by atoms with van der Waals surface area (Å²) in [5.41, 5.74) is 1.63. The summed E-state index contributed by atoms with van der Waals surface area (Å²) in [6.07, 6.45) is 0. The predicted octanol–water partition coefficient (Wildman–Crippen LogP) is 3.60. The van der Waals surface area contributed by atoms with Crippen molar-refractivity contribution in [2.75, 3.05) is 32.6 Å². The minimum atomic E-state index is -0.467. The van der Waals surface area contributed by atoms with E-state index in [9.17, 15) is 9.59 Å². The fraction of sp³-hybridized carbons (Fsp3) is 0.300. The number of likely N-dealkylation sites (N-methyl/N-ethyl adjacent to an activating group) is 1. The van der Waals surface area contributed by atoms with E-state index in [1.165, 1.54) is 0 Å². The van der Waals surface area contributed by atoms with Crippen LogP contribution in [0, 0.1) is 0 Å². The monoisotopic (exact) mass is 390 g/mol. The molecule has 0 saturated carbocycles. The molecule has 2 aromatic carbocycles. The van der Waals surface area contributed by atoms with Gasteiger partial charge < -0.3 is 14.8 Å². The van der Waals surface area contributed by atoms with E-state index in [-0.39, 0.29) is 19.1 Å². The molecule has 144 valence electrons. The van der Waals surface area contributed by atoms with Crippen LogP contribution in [0.5, 0.6) is 5.75 Å². The van der Waals surface area contributed by atoms with Crippen LogP contribution in [0.15, 0.2) is 42.5 Å². The molecule has 6 nitrogen and oxygen atoms in total. The van der Waals surface area contributed by atoms with Crippen LogP contribution in [-0.2, 0) is 16.1 Å². The van der Waals surface area contributed by atoms with E-state index in [1.54, 1.807) is 50.4 Å². The number of nitrogens with zero attached hydrogens (tertiary/aromatic N) is 1. The number of esters is 1. The fourth-order valence-electron chi connectivity index (χ4n) is 2.63. The third kappa shape index (κ3) is 5.98. The van der Waals surface area contributed by atoms with Crippen molar-refractivity contribution in [1.82, 2.24) is 4.90 Å². The zero-order chi connectivity index (χ0) is 19.8. The van der Waals surface area contributed by atoms with Crippen LogP contribution in [0.2, 0.25) is 5.02 Å². The Kier molecular flexibility index (Phi) is 7.64. The van der Waals surface area contributed by atoms with Gasteiger partial charge >= 0.3 is 5.97 Å². The standard InChI is InChI=1S/C20H23ClN2O4/c1-4-27-20(25)16-7-5-6-8-17(16)22-19(24)13-23(2)12-14-11-15(21)9-10-18(14)26-3/h5-11H,4,12-13H2,1-3H3,(H,22,24). The number of ether oxygens (including phenoxy) is 2. The molecule has 1 amide bonds. The molecule has 0 bridgehead atoms. The number of methoxy groups -OCH3 is 1. The maximum Gasteiger partial charge on any atom is 0.340 e. The van der Waals surface area contributed by atoms with Crippen molar-refractivity contribution in [3.05, 3.63) is 58.6 Å². The first-order valence-electron chi connectivity index (χ1n) is 8.51. The summed E-state index contributed by atoms with van der Waals surface area (Å²) in [4.78, 5) is 26.2. The van der Waals surface area contributed by atoms with Gasteiger partial charge in [0, 0.05) is 17.1 Å². The quantitative estimate of drug-likeness (QED) is 0.697. The van der Waals surface area contributed by atoms with E-state index in [0.717, 1.165) is 5.56 Å². The Hall–Kier alpha value is -2.57. The van der Waals surface area contributed by atoms with Crippen molar-refractivity contribution in [3.8, 4) is 5.75 Å². The Labute approximate surface area is 164 Å². The van der Waals surface area contributed by atoms with Crippen molar-refractivity contribution < 1.29 is 19.1 Å². The summed E-state index contributed by atoms with van der Waals surface area (Å²) in [5.74, 6) is -0.0000217. The molecule has 27 heavy (non-hydrogen) atoms. The topological polar surface area (TPSA) is 67.9 Å². The third-order valence-electron chi connectivity index (χ3n) is 3.79. The normalized spacial score (nSPS) is 10.6. The number of rotatable bonds is 8. The highest BCUT2D eigenvalue weighted by Gasteiger charge is 2.15. The number of anilines is 1. The van der Waals surface area contributed by atoms with Crippen molar-refractivity contribution in [1.29, 1.82) is 0 Å². The Morgan fingerprint density at radius 3 is 2.63 bits per heavy atom. The van der Waals surface area contributed by atoms with E-state index >= 15 is 0 Å². The highest BCUT2D eigenvalue weighted by Crippen LogP contribution is 2.23.